The van der Waals surface area contributed by atoms with Crippen LogP contribution in [-0.2, 0) is 0 Å². The summed E-state index contributed by atoms with van der Waals surface area (Å²) >= 11 is 6.08. The van der Waals surface area contributed by atoms with Crippen molar-refractivity contribution in [3.63, 3.8) is 0 Å². The molecule has 2 aromatic carbocycles. The fourth-order valence-corrected chi connectivity index (χ4v) is 3.83. The lowest BCUT2D eigenvalue weighted by atomic mass is 9.94. The summed E-state index contributed by atoms with van der Waals surface area (Å²) in [5.74, 6) is -0.217. The van der Waals surface area contributed by atoms with E-state index >= 15 is 0 Å². The molecule has 1 saturated heterocycles. The second kappa shape index (κ2) is 8.07. The molecule has 0 spiro atoms. The van der Waals surface area contributed by atoms with Gasteiger partial charge < -0.3 is 4.90 Å². The zero-order valence-electron chi connectivity index (χ0n) is 15.2. The first kappa shape index (κ1) is 18.6. The average Bonchev–Trinajstić information content (AvgIpc) is 2.74. The predicted molar refractivity (Wildman–Crippen MR) is 107 cm³/mol. The number of benzene rings is 2. The minimum atomic E-state index is -0.590. The molecule has 28 heavy (non-hydrogen) atoms. The lowest BCUT2D eigenvalue weighted by Crippen LogP contribution is -2.39. The van der Waals surface area contributed by atoms with Crippen LogP contribution in [0.4, 0.5) is 4.39 Å². The van der Waals surface area contributed by atoms with Crippen LogP contribution in [0, 0.1) is 5.82 Å². The zero-order valence-corrected chi connectivity index (χ0v) is 15.9. The molecule has 0 unspecified atom stereocenters. The second-order valence-electron chi connectivity index (χ2n) is 6.86. The SMILES string of the molecule is O=C(c1c(F)cccc1Cl)N1CCC[C@H](c2ccnc(-c3ccccc3)n2)C1. The summed E-state index contributed by atoms with van der Waals surface area (Å²) in [6, 6.07) is 16.0. The molecule has 4 nitrogen and oxygen atoms in total. The predicted octanol–water partition coefficient (Wildman–Crippen LogP) is 4.96. The van der Waals surface area contributed by atoms with Crippen LogP contribution in [0.25, 0.3) is 11.4 Å². The van der Waals surface area contributed by atoms with E-state index in [-0.39, 0.29) is 22.4 Å². The summed E-state index contributed by atoms with van der Waals surface area (Å²) in [5.41, 5.74) is 1.79. The van der Waals surface area contributed by atoms with Crippen molar-refractivity contribution >= 4 is 17.5 Å². The van der Waals surface area contributed by atoms with E-state index in [4.69, 9.17) is 16.6 Å². The molecule has 1 aliphatic heterocycles. The largest absolute Gasteiger partial charge is 0.338 e. The number of hydrogen-bond donors (Lipinski definition) is 0. The van der Waals surface area contributed by atoms with Crippen molar-refractivity contribution in [2.75, 3.05) is 13.1 Å². The number of nitrogens with zero attached hydrogens (tertiary/aromatic N) is 3. The van der Waals surface area contributed by atoms with Gasteiger partial charge in [-0.25, -0.2) is 14.4 Å². The van der Waals surface area contributed by atoms with Crippen LogP contribution >= 0.6 is 11.6 Å². The maximum Gasteiger partial charge on any atom is 0.258 e. The molecule has 0 bridgehead atoms. The van der Waals surface area contributed by atoms with E-state index in [9.17, 15) is 9.18 Å². The van der Waals surface area contributed by atoms with E-state index in [1.54, 1.807) is 11.1 Å². The molecule has 1 aliphatic rings. The normalized spacial score (nSPS) is 16.8. The Kier molecular flexibility index (Phi) is 5.35. The maximum absolute atomic E-state index is 14.2. The third kappa shape index (κ3) is 3.76. The lowest BCUT2D eigenvalue weighted by Gasteiger charge is -2.33. The monoisotopic (exact) mass is 395 g/mol. The summed E-state index contributed by atoms with van der Waals surface area (Å²) in [4.78, 5) is 23.6. The van der Waals surface area contributed by atoms with Crippen LogP contribution in [0.2, 0.25) is 5.02 Å². The third-order valence-electron chi connectivity index (χ3n) is 5.01. The Bertz CT molecular complexity index is 976. The van der Waals surface area contributed by atoms with Gasteiger partial charge in [0.05, 0.1) is 10.6 Å². The number of piperidine rings is 1. The Hall–Kier alpha value is -2.79. The summed E-state index contributed by atoms with van der Waals surface area (Å²) < 4.78 is 14.2. The van der Waals surface area contributed by atoms with E-state index in [1.807, 2.05) is 36.4 Å². The summed E-state index contributed by atoms with van der Waals surface area (Å²) in [7, 11) is 0. The molecule has 0 radical (unpaired) electrons. The summed E-state index contributed by atoms with van der Waals surface area (Å²) in [6.07, 6.45) is 3.49. The maximum atomic E-state index is 14.2. The van der Waals surface area contributed by atoms with Gasteiger partial charge >= 0.3 is 0 Å². The van der Waals surface area contributed by atoms with Crippen molar-refractivity contribution in [2.45, 2.75) is 18.8 Å². The molecule has 0 saturated carbocycles. The highest BCUT2D eigenvalue weighted by Crippen LogP contribution is 2.29. The molecule has 1 aromatic heterocycles. The van der Waals surface area contributed by atoms with Crippen LogP contribution in [-0.4, -0.2) is 33.9 Å². The first-order valence-electron chi connectivity index (χ1n) is 9.25. The molecule has 0 aliphatic carbocycles. The molecule has 0 N–H and O–H groups in total. The number of likely N-dealkylation sites (tertiary alicyclic amines) is 1. The molecule has 2 heterocycles. The number of carbonyl (C=O) groups is 1. The first-order valence-corrected chi connectivity index (χ1v) is 9.63. The van der Waals surface area contributed by atoms with Gasteiger partial charge in [0.25, 0.3) is 5.91 Å². The molecule has 6 heteroatoms. The zero-order chi connectivity index (χ0) is 19.5. The van der Waals surface area contributed by atoms with Gasteiger partial charge in [-0.2, -0.15) is 0 Å². The van der Waals surface area contributed by atoms with Crippen LogP contribution in [0.3, 0.4) is 0 Å². The Morgan fingerprint density at radius 1 is 1.11 bits per heavy atom. The molecule has 1 atom stereocenters. The van der Waals surface area contributed by atoms with Crippen molar-refractivity contribution in [2.24, 2.45) is 0 Å². The average molecular weight is 396 g/mol. The van der Waals surface area contributed by atoms with Crippen LogP contribution in [0.15, 0.2) is 60.8 Å². The Morgan fingerprint density at radius 3 is 2.71 bits per heavy atom. The van der Waals surface area contributed by atoms with E-state index < -0.39 is 5.82 Å². The van der Waals surface area contributed by atoms with Crippen molar-refractivity contribution in [1.82, 2.24) is 14.9 Å². The number of carbonyl (C=O) groups excluding carboxylic acids is 1. The fourth-order valence-electron chi connectivity index (χ4n) is 3.59. The standard InChI is InChI=1S/C22H19ClFN3O/c23-17-9-4-10-18(24)20(17)22(28)27-13-5-8-16(14-27)19-11-12-25-21(26-19)15-6-2-1-3-7-15/h1-4,6-7,9-12,16H,5,8,13-14H2/t16-/m0/s1. The molecule has 3 aromatic rings. The van der Waals surface area contributed by atoms with E-state index in [1.165, 1.54) is 18.2 Å². The number of hydrogen-bond acceptors (Lipinski definition) is 3. The Balaban J connectivity index is 1.57. The van der Waals surface area contributed by atoms with Crippen molar-refractivity contribution < 1.29 is 9.18 Å². The minimum absolute atomic E-state index is 0.0579. The lowest BCUT2D eigenvalue weighted by molar-refractivity contribution is 0.0701. The van der Waals surface area contributed by atoms with Crippen LogP contribution in [0.5, 0.6) is 0 Å². The van der Waals surface area contributed by atoms with Crippen molar-refractivity contribution in [1.29, 1.82) is 0 Å². The van der Waals surface area contributed by atoms with Gasteiger partial charge in [0.1, 0.15) is 5.82 Å². The van der Waals surface area contributed by atoms with Crippen LogP contribution < -0.4 is 0 Å². The first-order chi connectivity index (χ1) is 13.6. The minimum Gasteiger partial charge on any atom is -0.338 e. The number of amides is 1. The van der Waals surface area contributed by atoms with Crippen molar-refractivity contribution in [3.8, 4) is 11.4 Å². The second-order valence-corrected chi connectivity index (χ2v) is 7.27. The highest BCUT2D eigenvalue weighted by atomic mass is 35.5. The number of rotatable bonds is 3. The quantitative estimate of drug-likeness (QED) is 0.630. The molecule has 1 fully saturated rings. The van der Waals surface area contributed by atoms with E-state index in [0.29, 0.717) is 18.9 Å². The van der Waals surface area contributed by atoms with Gasteiger partial charge in [-0.05, 0) is 31.0 Å². The van der Waals surface area contributed by atoms with Gasteiger partial charge in [0, 0.05) is 36.5 Å². The van der Waals surface area contributed by atoms with Gasteiger partial charge in [0.15, 0.2) is 5.82 Å². The topological polar surface area (TPSA) is 46.1 Å². The molecular weight excluding hydrogens is 377 g/mol. The molecule has 142 valence electrons. The smallest absolute Gasteiger partial charge is 0.258 e. The Morgan fingerprint density at radius 2 is 1.93 bits per heavy atom. The van der Waals surface area contributed by atoms with E-state index in [0.717, 1.165) is 24.1 Å². The third-order valence-corrected chi connectivity index (χ3v) is 5.33. The van der Waals surface area contributed by atoms with Crippen molar-refractivity contribution in [3.05, 3.63) is 82.9 Å². The number of halogens is 2. The number of aromatic nitrogens is 2. The molecular formula is C22H19ClFN3O. The fraction of sp³-hybridized carbons (Fsp3) is 0.227. The highest BCUT2D eigenvalue weighted by Gasteiger charge is 2.29. The summed E-state index contributed by atoms with van der Waals surface area (Å²) in [6.45, 7) is 1.06. The Labute approximate surface area is 168 Å². The van der Waals surface area contributed by atoms with Gasteiger partial charge in [-0.3, -0.25) is 4.79 Å². The van der Waals surface area contributed by atoms with Gasteiger partial charge in [-0.15, -0.1) is 0 Å². The molecule has 4 rings (SSSR count). The van der Waals surface area contributed by atoms with Crippen LogP contribution in [0.1, 0.15) is 34.8 Å². The van der Waals surface area contributed by atoms with Gasteiger partial charge in [-0.1, -0.05) is 48.0 Å². The highest BCUT2D eigenvalue weighted by molar-refractivity contribution is 6.33. The summed E-state index contributed by atoms with van der Waals surface area (Å²) in [5, 5.41) is 0.139. The van der Waals surface area contributed by atoms with Gasteiger partial charge in [0.2, 0.25) is 0 Å². The molecule has 1 amide bonds. The van der Waals surface area contributed by atoms with E-state index in [2.05, 4.69) is 4.98 Å².